The van der Waals surface area contributed by atoms with Crippen LogP contribution >= 0.6 is 0 Å². The zero-order valence-electron chi connectivity index (χ0n) is 62.2. The monoisotopic (exact) mass is 1680 g/mol. The molecule has 0 aromatic heterocycles. The Bertz CT molecular complexity index is 3050. The zero-order valence-corrected chi connectivity index (χ0v) is 62.2. The Hall–Kier alpha value is -4.29. The van der Waals surface area contributed by atoms with Crippen LogP contribution in [0.3, 0.4) is 0 Å². The molecule has 51 nitrogen and oxygen atoms in total. The summed E-state index contributed by atoms with van der Waals surface area (Å²) in [5.74, 6) is -4.72. The second kappa shape index (κ2) is 43.0. The van der Waals surface area contributed by atoms with Gasteiger partial charge in [0.2, 0.25) is 29.5 Å². The van der Waals surface area contributed by atoms with Crippen LogP contribution in [0.1, 0.15) is 34.6 Å². The van der Waals surface area contributed by atoms with E-state index in [0.29, 0.717) is 0 Å². The molecule has 5 amide bonds. The number of aliphatic hydroxyl groups is 25. The molecule has 0 bridgehead atoms. The van der Waals surface area contributed by atoms with E-state index in [4.69, 9.17) is 75.8 Å². The van der Waals surface area contributed by atoms with Crippen molar-refractivity contribution >= 4 is 29.5 Å². The quantitative estimate of drug-likeness (QED) is 0.0284. The number of rotatable bonds is 34. The molecule has 8 saturated heterocycles. The Morgan fingerprint density at radius 2 is 0.626 bits per heavy atom. The van der Waals surface area contributed by atoms with Gasteiger partial charge in [-0.25, -0.2) is 0 Å². The Morgan fingerprint density at radius 3 is 1.05 bits per heavy atom. The van der Waals surface area contributed by atoms with Crippen LogP contribution in [-0.4, -0.2) is 493 Å². The van der Waals surface area contributed by atoms with Crippen LogP contribution in [0.15, 0.2) is 0 Å². The van der Waals surface area contributed by atoms with Crippen molar-refractivity contribution in [3.05, 3.63) is 0 Å². The van der Waals surface area contributed by atoms with E-state index >= 15 is 0 Å². The highest BCUT2D eigenvalue weighted by Gasteiger charge is 2.62. The lowest BCUT2D eigenvalue weighted by Crippen LogP contribution is -2.72. The first kappa shape index (κ1) is 96.2. The van der Waals surface area contributed by atoms with Crippen LogP contribution in [-0.2, 0) is 99.8 Å². The molecule has 115 heavy (non-hydrogen) atoms. The zero-order chi connectivity index (χ0) is 85.2. The predicted molar refractivity (Wildman–Crippen MR) is 357 cm³/mol. The molecular weight excluding hydrogens is 1570 g/mol. The van der Waals surface area contributed by atoms with Gasteiger partial charge in [0.05, 0.1) is 72.1 Å². The van der Waals surface area contributed by atoms with Crippen molar-refractivity contribution in [2.75, 3.05) is 66.1 Å². The van der Waals surface area contributed by atoms with Crippen molar-refractivity contribution < 1.29 is 227 Å². The summed E-state index contributed by atoms with van der Waals surface area (Å²) in [6.07, 6.45) is -86.1. The number of amides is 5. The van der Waals surface area contributed by atoms with E-state index in [0.717, 1.165) is 34.6 Å². The lowest BCUT2D eigenvalue weighted by molar-refractivity contribution is -0.411. The number of carbonyl (C=O) groups excluding carboxylic acids is 5. The highest BCUT2D eigenvalue weighted by Crippen LogP contribution is 2.41. The molecule has 0 radical (unpaired) electrons. The molecule has 8 fully saturated rings. The fourth-order valence-corrected chi connectivity index (χ4v) is 14.5. The molecule has 8 heterocycles. The maximum atomic E-state index is 13.3. The van der Waals surface area contributed by atoms with E-state index in [2.05, 4.69) is 26.6 Å². The minimum atomic E-state index is -2.77. The van der Waals surface area contributed by atoms with Gasteiger partial charge in [0.1, 0.15) is 213 Å². The lowest BCUT2D eigenvalue weighted by atomic mass is 9.93. The molecule has 44 atom stereocenters. The van der Waals surface area contributed by atoms with Gasteiger partial charge in [-0.1, -0.05) is 0 Å². The molecule has 666 valence electrons. The molecule has 8 aliphatic heterocycles. The lowest BCUT2D eigenvalue weighted by Gasteiger charge is -2.53. The molecule has 8 aliphatic rings. The van der Waals surface area contributed by atoms with Gasteiger partial charge < -0.3 is 230 Å². The number of ether oxygens (including phenoxy) is 16. The molecule has 51 heteroatoms. The van der Waals surface area contributed by atoms with E-state index in [9.17, 15) is 152 Å². The molecule has 0 aliphatic carbocycles. The average Bonchev–Trinajstić information content (AvgIpc) is 0.755. The van der Waals surface area contributed by atoms with Crippen LogP contribution in [0.4, 0.5) is 0 Å². The van der Waals surface area contributed by atoms with E-state index in [1.807, 2.05) is 0 Å². The number of aliphatic hydroxyl groups excluding tert-OH is 25. The first-order valence-corrected chi connectivity index (χ1v) is 36.5. The Kier molecular flexibility index (Phi) is 35.9. The highest BCUT2D eigenvalue weighted by molar-refractivity contribution is 5.75. The van der Waals surface area contributed by atoms with Gasteiger partial charge in [-0.05, 0) is 0 Å². The Morgan fingerprint density at radius 1 is 0.296 bits per heavy atom. The summed E-state index contributed by atoms with van der Waals surface area (Å²) < 4.78 is 97.6. The normalized spacial score (nSPS) is 45.0. The van der Waals surface area contributed by atoms with E-state index in [-0.39, 0.29) is 0 Å². The molecule has 8 rings (SSSR count). The third-order valence-electron chi connectivity index (χ3n) is 20.4. The second-order valence-corrected chi connectivity index (χ2v) is 28.7. The maximum Gasteiger partial charge on any atom is 0.217 e. The molecular formula is C64H109N5O46. The van der Waals surface area contributed by atoms with Gasteiger partial charge in [0.25, 0.3) is 0 Å². The van der Waals surface area contributed by atoms with Crippen molar-refractivity contribution in [3.8, 4) is 0 Å². The van der Waals surface area contributed by atoms with Gasteiger partial charge in [-0.3, -0.25) is 24.0 Å². The minimum absolute atomic E-state index is 0.835. The fraction of sp³-hybridized carbons (Fsp3) is 0.922. The largest absolute Gasteiger partial charge is 0.394 e. The van der Waals surface area contributed by atoms with E-state index < -0.39 is 365 Å². The van der Waals surface area contributed by atoms with Crippen LogP contribution in [0.25, 0.3) is 0 Å². The molecule has 0 aromatic carbocycles. The summed E-state index contributed by atoms with van der Waals surface area (Å²) in [5, 5.41) is 291. The van der Waals surface area contributed by atoms with Crippen molar-refractivity contribution in [2.45, 2.75) is 304 Å². The number of nitrogens with one attached hydrogen (secondary N) is 5. The van der Waals surface area contributed by atoms with Crippen molar-refractivity contribution in [2.24, 2.45) is 0 Å². The first-order valence-electron chi connectivity index (χ1n) is 36.5. The summed E-state index contributed by atoms with van der Waals surface area (Å²) in [7, 11) is 0. The third kappa shape index (κ3) is 22.3. The number of hydrogen-bond acceptors (Lipinski definition) is 46. The predicted octanol–water partition coefficient (Wildman–Crippen LogP) is -20.3. The van der Waals surface area contributed by atoms with Gasteiger partial charge in [0, 0.05) is 34.6 Å². The van der Waals surface area contributed by atoms with E-state index in [1.54, 1.807) is 0 Å². The second-order valence-electron chi connectivity index (χ2n) is 28.7. The number of carbonyl (C=O) groups is 5. The smallest absolute Gasteiger partial charge is 0.217 e. The highest BCUT2D eigenvalue weighted by atomic mass is 16.8. The van der Waals surface area contributed by atoms with E-state index in [1.165, 1.54) is 0 Å². The average molecular weight is 1680 g/mol. The van der Waals surface area contributed by atoms with Crippen LogP contribution in [0, 0.1) is 0 Å². The van der Waals surface area contributed by atoms with Crippen LogP contribution in [0.2, 0.25) is 0 Å². The van der Waals surface area contributed by atoms with Crippen LogP contribution in [0.5, 0.6) is 0 Å². The minimum Gasteiger partial charge on any atom is -0.394 e. The summed E-state index contributed by atoms with van der Waals surface area (Å²) >= 11 is 0. The molecule has 0 unspecified atom stereocenters. The topological polar surface area (TPSA) is 799 Å². The van der Waals surface area contributed by atoms with Crippen molar-refractivity contribution in [3.63, 3.8) is 0 Å². The number of hydrogen-bond donors (Lipinski definition) is 30. The van der Waals surface area contributed by atoms with Gasteiger partial charge >= 0.3 is 0 Å². The standard InChI is InChI=1S/C64H109N5O46/c1-16(79)65-21(6-70)35(85)50(22(84)7-71)109-60-34(69-20(5)83)44(94)51(28(13-77)106-60)111-63-49(99)55(114-64-56(115-59-33(68-19(4)82)43(93)38(88)25(10-74)103-59)47(97)52(29(14-78)107-64)110-57-31(66-17(2)80)41(91)36(86)23(8-72)101-57)53(112-58-32(67-18(3)81)42(92)37(87)24(9-73)102-58)30(108-63)15-100-61-48(98)54(40(90)27(12-76)104-61)113-62-46(96)45(95)39(89)26(11-75)105-62/h21-64,70-78,84-99H,6-15H2,1-5H3,(H,65,79)(H,66,80)(H,67,81)(H,68,82)(H,69,83)/t21-,22+,23+,24+,25+,26+,27+,28+,29+,30+,31+,32+,33+,34+,35+,36+,37+,38+,39+,40+,41+,42+,43+,44+,45-,46-,47-,48-,49-,50+,51+,52+,53+,54-,55+,56-,57-,58-,59-,60-,61-,62+,63-,64+/m0/s1. The first-order chi connectivity index (χ1) is 54.4. The summed E-state index contributed by atoms with van der Waals surface area (Å²) in [5.41, 5.74) is 0. The Balaban J connectivity index is 1.31. The van der Waals surface area contributed by atoms with Gasteiger partial charge in [0.15, 0.2) is 50.3 Å². The van der Waals surface area contributed by atoms with Gasteiger partial charge in [-0.2, -0.15) is 0 Å². The third-order valence-corrected chi connectivity index (χ3v) is 20.4. The summed E-state index contributed by atoms with van der Waals surface area (Å²) in [4.78, 5) is 64.0. The SMILES string of the molecule is CC(=O)N[C@H]1[C@H](O[C@@H]([C@H](O)[C@H](CO)NC(C)=O)[C@H](O)CO)O[C@H](CO)[C@@H](O[C@@H]2O[C@H](CO[C@H]3O[C@H](CO)[C@@H](O)[C@H](O[C@H]4O[C@H](CO)[C@@H](O)[C@H](O)[C@@H]4O)[C@@H]3O)[C@@H](O[C@@H]3O[C@H](CO)[C@@H](O)[C@H](O)[C@H]3NC(C)=O)[C@H](O[C@H]3O[C@H](CO)[C@@H](O[C@@H]4O[C@H](CO)[C@@H](O)[C@H](O)[C@H]4NC(C)=O)[C@H](O)[C@@H]3O[C@@H]3O[C@H](CO)[C@@H](O)[C@H](O)[C@H]3NC(C)=O)[C@@H]2O)[C@@H]1O. The van der Waals surface area contributed by atoms with Crippen molar-refractivity contribution in [1.82, 2.24) is 26.6 Å². The molecule has 0 aromatic rings. The van der Waals surface area contributed by atoms with Crippen LogP contribution < -0.4 is 26.6 Å². The maximum absolute atomic E-state index is 13.3. The summed E-state index contributed by atoms with van der Waals surface area (Å²) in [6, 6.07) is -9.56. The summed E-state index contributed by atoms with van der Waals surface area (Å²) in [6.45, 7) is -7.10. The molecule has 30 N–H and O–H groups in total. The fourth-order valence-electron chi connectivity index (χ4n) is 14.5. The molecule has 0 saturated carbocycles. The molecule has 0 spiro atoms. The Labute approximate surface area is 652 Å². The van der Waals surface area contributed by atoms with Gasteiger partial charge in [-0.15, -0.1) is 0 Å². The van der Waals surface area contributed by atoms with Crippen molar-refractivity contribution in [1.29, 1.82) is 0 Å².